The number of anilines is 1. The highest BCUT2D eigenvalue weighted by atomic mass is 35.5. The van der Waals surface area contributed by atoms with Crippen LogP contribution in [-0.4, -0.2) is 21.0 Å². The fourth-order valence-electron chi connectivity index (χ4n) is 1.42. The number of rotatable bonds is 1. The molecule has 0 aliphatic carbocycles. The van der Waals surface area contributed by atoms with Gasteiger partial charge in [0.2, 0.25) is 10.0 Å². The number of nitrogens with one attached hydrogen (secondary N) is 2. The molecule has 0 radical (unpaired) electrons. The van der Waals surface area contributed by atoms with E-state index in [0.29, 0.717) is 5.69 Å². The summed E-state index contributed by atoms with van der Waals surface area (Å²) in [6.07, 6.45) is 0. The van der Waals surface area contributed by atoms with Gasteiger partial charge in [0, 0.05) is 5.69 Å². The molecular weight excluding hydrogens is 254 g/mol. The Labute approximate surface area is 96.8 Å². The van der Waals surface area contributed by atoms with E-state index in [2.05, 4.69) is 10.6 Å². The minimum atomic E-state index is -3.93. The number of fused-ring (bicyclic) bond motifs is 1. The van der Waals surface area contributed by atoms with Crippen molar-refractivity contribution in [2.75, 3.05) is 12.0 Å². The minimum Gasteiger partial charge on any atom is -0.367 e. The van der Waals surface area contributed by atoms with Gasteiger partial charge in [-0.3, -0.25) is 4.79 Å². The smallest absolute Gasteiger partial charge is 0.254 e. The fraction of sp³-hybridized carbons (Fsp3) is 0.125. The Balaban J connectivity index is 2.68. The maximum absolute atomic E-state index is 11.4. The summed E-state index contributed by atoms with van der Waals surface area (Å²) in [6, 6.07) is 2.53. The van der Waals surface area contributed by atoms with Crippen LogP contribution in [0.5, 0.6) is 0 Å². The number of nitrogens with two attached hydrogens (primary N) is 1. The number of carbonyl (C=O) groups is 1. The summed E-state index contributed by atoms with van der Waals surface area (Å²) < 4.78 is 22.4. The van der Waals surface area contributed by atoms with Crippen molar-refractivity contribution in [3.05, 3.63) is 22.7 Å². The van der Waals surface area contributed by atoms with Gasteiger partial charge in [-0.25, -0.2) is 13.6 Å². The van der Waals surface area contributed by atoms with Gasteiger partial charge >= 0.3 is 0 Å². The van der Waals surface area contributed by atoms with Crippen LogP contribution in [0.25, 0.3) is 0 Å². The van der Waals surface area contributed by atoms with E-state index in [0.717, 1.165) is 6.07 Å². The van der Waals surface area contributed by atoms with E-state index in [4.69, 9.17) is 16.7 Å². The van der Waals surface area contributed by atoms with E-state index in [1.807, 2.05) is 0 Å². The van der Waals surface area contributed by atoms with Crippen LogP contribution in [0.3, 0.4) is 0 Å². The van der Waals surface area contributed by atoms with Crippen LogP contribution >= 0.6 is 11.6 Å². The SMILES string of the molecule is NS(=O)(=O)c1cc2c(cc1Cl)NCNC2=O. The van der Waals surface area contributed by atoms with Crippen LogP contribution in [0.15, 0.2) is 17.0 Å². The number of sulfonamides is 1. The molecule has 1 aromatic rings. The third kappa shape index (κ3) is 1.84. The molecule has 1 aliphatic rings. The summed E-state index contributed by atoms with van der Waals surface area (Å²) in [5.74, 6) is -0.365. The Kier molecular flexibility index (Phi) is 2.53. The Hall–Kier alpha value is -1.31. The first kappa shape index (κ1) is 11.2. The number of carbonyl (C=O) groups excluding carboxylic acids is 1. The van der Waals surface area contributed by atoms with E-state index in [1.165, 1.54) is 6.07 Å². The van der Waals surface area contributed by atoms with Gasteiger partial charge in [-0.05, 0) is 12.1 Å². The standard InChI is InChI=1S/C8H8ClN3O3S/c9-5-2-6-4(8(13)12-3-11-6)1-7(5)16(10,14)15/h1-2,11H,3H2,(H,12,13)(H2,10,14,15). The second-order valence-electron chi connectivity index (χ2n) is 3.23. The van der Waals surface area contributed by atoms with E-state index in [1.54, 1.807) is 0 Å². The number of primary sulfonamides is 1. The van der Waals surface area contributed by atoms with Crippen LogP contribution in [0.4, 0.5) is 5.69 Å². The molecule has 1 aliphatic heterocycles. The molecule has 0 fully saturated rings. The van der Waals surface area contributed by atoms with Crippen molar-refractivity contribution in [1.82, 2.24) is 5.32 Å². The average Bonchev–Trinajstić information content (AvgIpc) is 2.15. The third-order valence-electron chi connectivity index (χ3n) is 2.15. The minimum absolute atomic E-state index is 0.0107. The number of halogens is 1. The molecular formula is C8H8ClN3O3S. The molecule has 0 aromatic heterocycles. The molecule has 1 aromatic carbocycles. The number of benzene rings is 1. The van der Waals surface area contributed by atoms with Crippen LogP contribution in [0.2, 0.25) is 5.02 Å². The molecule has 4 N–H and O–H groups in total. The van der Waals surface area contributed by atoms with Crippen LogP contribution in [0, 0.1) is 0 Å². The van der Waals surface area contributed by atoms with Crippen molar-refractivity contribution in [2.24, 2.45) is 5.14 Å². The summed E-state index contributed by atoms with van der Waals surface area (Å²) >= 11 is 5.76. The molecule has 16 heavy (non-hydrogen) atoms. The summed E-state index contributed by atoms with van der Waals surface area (Å²) in [6.45, 7) is 0.275. The lowest BCUT2D eigenvalue weighted by atomic mass is 10.1. The molecule has 0 spiro atoms. The number of amides is 1. The van der Waals surface area contributed by atoms with Crippen molar-refractivity contribution in [3.8, 4) is 0 Å². The normalized spacial score (nSPS) is 15.0. The largest absolute Gasteiger partial charge is 0.367 e. The topological polar surface area (TPSA) is 101 Å². The summed E-state index contributed by atoms with van der Waals surface area (Å²) in [5.41, 5.74) is 0.695. The van der Waals surface area contributed by atoms with Crippen molar-refractivity contribution in [2.45, 2.75) is 4.90 Å². The van der Waals surface area contributed by atoms with Crippen molar-refractivity contribution < 1.29 is 13.2 Å². The van der Waals surface area contributed by atoms with Gasteiger partial charge in [0.15, 0.2) is 0 Å². The lowest BCUT2D eigenvalue weighted by Crippen LogP contribution is -2.35. The molecule has 6 nitrogen and oxygen atoms in total. The monoisotopic (exact) mass is 261 g/mol. The van der Waals surface area contributed by atoms with E-state index >= 15 is 0 Å². The molecule has 86 valence electrons. The van der Waals surface area contributed by atoms with Gasteiger partial charge in [-0.2, -0.15) is 0 Å². The van der Waals surface area contributed by atoms with E-state index < -0.39 is 10.0 Å². The molecule has 0 unspecified atom stereocenters. The summed E-state index contributed by atoms with van der Waals surface area (Å²) in [7, 11) is -3.93. The highest BCUT2D eigenvalue weighted by Crippen LogP contribution is 2.29. The molecule has 0 saturated heterocycles. The zero-order valence-corrected chi connectivity index (χ0v) is 9.52. The third-order valence-corrected chi connectivity index (χ3v) is 3.53. The molecule has 1 heterocycles. The Bertz CT molecular complexity index is 570. The van der Waals surface area contributed by atoms with Gasteiger partial charge < -0.3 is 10.6 Å². The first-order chi connectivity index (χ1) is 7.39. The van der Waals surface area contributed by atoms with Gasteiger partial charge in [-0.15, -0.1) is 0 Å². The molecule has 0 bridgehead atoms. The fourth-order valence-corrected chi connectivity index (χ4v) is 2.52. The highest BCUT2D eigenvalue weighted by Gasteiger charge is 2.22. The Morgan fingerprint density at radius 3 is 2.62 bits per heavy atom. The number of hydrogen-bond donors (Lipinski definition) is 3. The van der Waals surface area contributed by atoms with Crippen molar-refractivity contribution in [1.29, 1.82) is 0 Å². The zero-order chi connectivity index (χ0) is 11.9. The first-order valence-electron chi connectivity index (χ1n) is 4.28. The summed E-state index contributed by atoms with van der Waals surface area (Å²) in [4.78, 5) is 11.2. The second-order valence-corrected chi connectivity index (χ2v) is 5.17. The molecule has 0 saturated carbocycles. The molecule has 2 rings (SSSR count). The molecule has 8 heteroatoms. The lowest BCUT2D eigenvalue weighted by Gasteiger charge is -2.19. The van der Waals surface area contributed by atoms with Crippen molar-refractivity contribution in [3.63, 3.8) is 0 Å². The predicted octanol–water partition coefficient (Wildman–Crippen LogP) is 0.100. The Morgan fingerprint density at radius 1 is 1.31 bits per heavy atom. The quantitative estimate of drug-likeness (QED) is 0.667. The predicted molar refractivity (Wildman–Crippen MR) is 58.8 cm³/mol. The number of hydrogen-bond acceptors (Lipinski definition) is 4. The van der Waals surface area contributed by atoms with Gasteiger partial charge in [-0.1, -0.05) is 11.6 Å². The van der Waals surface area contributed by atoms with E-state index in [9.17, 15) is 13.2 Å². The summed E-state index contributed by atoms with van der Waals surface area (Å²) in [5, 5.41) is 10.3. The maximum atomic E-state index is 11.4. The lowest BCUT2D eigenvalue weighted by molar-refractivity contribution is 0.0952. The van der Waals surface area contributed by atoms with Gasteiger partial charge in [0.05, 0.1) is 17.3 Å². The second kappa shape index (κ2) is 3.62. The Morgan fingerprint density at radius 2 is 2.00 bits per heavy atom. The van der Waals surface area contributed by atoms with Crippen LogP contribution < -0.4 is 15.8 Å². The highest BCUT2D eigenvalue weighted by molar-refractivity contribution is 7.89. The van der Waals surface area contributed by atoms with Crippen molar-refractivity contribution >= 4 is 33.2 Å². The van der Waals surface area contributed by atoms with Crippen LogP contribution in [0.1, 0.15) is 10.4 Å². The zero-order valence-electron chi connectivity index (χ0n) is 7.95. The first-order valence-corrected chi connectivity index (χ1v) is 6.20. The van der Waals surface area contributed by atoms with Crippen LogP contribution in [-0.2, 0) is 10.0 Å². The average molecular weight is 262 g/mol. The molecule has 0 atom stereocenters. The van der Waals surface area contributed by atoms with E-state index in [-0.39, 0.29) is 28.1 Å². The maximum Gasteiger partial charge on any atom is 0.254 e. The molecule has 1 amide bonds. The van der Waals surface area contributed by atoms with Gasteiger partial charge in [0.1, 0.15) is 4.90 Å². The van der Waals surface area contributed by atoms with Gasteiger partial charge in [0.25, 0.3) is 5.91 Å².